The van der Waals surface area contributed by atoms with Crippen molar-refractivity contribution in [2.75, 3.05) is 0 Å². The molecule has 72 valence electrons. The molecule has 1 aromatic heterocycles. The Bertz CT molecular complexity index is 519. The summed E-state index contributed by atoms with van der Waals surface area (Å²) in [6.07, 6.45) is 3.53. The van der Waals surface area contributed by atoms with Crippen LogP contribution in [0.2, 0.25) is 0 Å². The number of aromatic amines is 1. The summed E-state index contributed by atoms with van der Waals surface area (Å²) >= 11 is 0. The summed E-state index contributed by atoms with van der Waals surface area (Å²) in [5, 5.41) is 0. The van der Waals surface area contributed by atoms with Crippen LogP contribution in [0.15, 0.2) is 29.1 Å². The maximum absolute atomic E-state index is 11.7. The van der Waals surface area contributed by atoms with Gasteiger partial charge in [0.2, 0.25) is 0 Å². The summed E-state index contributed by atoms with van der Waals surface area (Å²) < 4.78 is 1.90. The fourth-order valence-corrected chi connectivity index (χ4v) is 2.08. The van der Waals surface area contributed by atoms with E-state index in [2.05, 4.69) is 4.98 Å². The molecule has 2 aromatic rings. The fraction of sp³-hybridized carbons (Fsp3) is 0.364. The van der Waals surface area contributed by atoms with Gasteiger partial charge < -0.3 is 4.98 Å². The third-order valence-electron chi connectivity index (χ3n) is 3.06. The molecule has 1 aliphatic carbocycles. The van der Waals surface area contributed by atoms with E-state index in [4.69, 9.17) is 0 Å². The second kappa shape index (κ2) is 2.74. The summed E-state index contributed by atoms with van der Waals surface area (Å²) in [5.74, 6) is 0. The largest absolute Gasteiger partial charge is 0.326 e. The number of para-hydroxylation sites is 2. The minimum atomic E-state index is 0.0379. The van der Waals surface area contributed by atoms with Crippen molar-refractivity contribution in [2.24, 2.45) is 0 Å². The van der Waals surface area contributed by atoms with Crippen LogP contribution in [0.25, 0.3) is 11.0 Å². The molecule has 1 heterocycles. The lowest BCUT2D eigenvalue weighted by molar-refractivity contribution is 0.314. The molecule has 3 heteroatoms. The molecule has 0 amide bonds. The summed E-state index contributed by atoms with van der Waals surface area (Å²) in [4.78, 5) is 14.6. The Morgan fingerprint density at radius 1 is 1.29 bits per heavy atom. The number of rotatable bonds is 1. The zero-order valence-corrected chi connectivity index (χ0v) is 7.86. The predicted molar refractivity (Wildman–Crippen MR) is 55.4 cm³/mol. The number of nitrogens with one attached hydrogen (secondary N) is 1. The van der Waals surface area contributed by atoms with Crippen LogP contribution in [0.5, 0.6) is 0 Å². The molecule has 0 saturated heterocycles. The monoisotopic (exact) mass is 188 g/mol. The fourth-order valence-electron chi connectivity index (χ4n) is 2.08. The molecule has 0 unspecified atom stereocenters. The Labute approximate surface area is 81.4 Å². The first kappa shape index (κ1) is 7.85. The van der Waals surface area contributed by atoms with Crippen molar-refractivity contribution in [3.8, 4) is 0 Å². The normalized spacial score (nSPS) is 17.1. The van der Waals surface area contributed by atoms with Gasteiger partial charge in [-0.15, -0.1) is 0 Å². The summed E-state index contributed by atoms with van der Waals surface area (Å²) in [5.41, 5.74) is 2.03. The Morgan fingerprint density at radius 2 is 2.07 bits per heavy atom. The van der Waals surface area contributed by atoms with Crippen molar-refractivity contribution in [2.45, 2.75) is 25.3 Å². The lowest BCUT2D eigenvalue weighted by atomic mass is 9.93. The first-order valence-corrected chi connectivity index (χ1v) is 5.05. The molecular formula is C11H12N2O. The molecule has 3 rings (SSSR count). The highest BCUT2D eigenvalue weighted by atomic mass is 16.1. The molecule has 1 aliphatic rings. The Kier molecular flexibility index (Phi) is 1.54. The number of fused-ring (bicyclic) bond motifs is 1. The molecule has 0 atom stereocenters. The summed E-state index contributed by atoms with van der Waals surface area (Å²) in [7, 11) is 0. The number of H-pyrrole nitrogens is 1. The van der Waals surface area contributed by atoms with Gasteiger partial charge in [0.1, 0.15) is 0 Å². The van der Waals surface area contributed by atoms with Gasteiger partial charge in [-0.25, -0.2) is 4.79 Å². The first-order valence-electron chi connectivity index (χ1n) is 5.05. The van der Waals surface area contributed by atoms with Crippen LogP contribution in [0.3, 0.4) is 0 Å². The van der Waals surface area contributed by atoms with Crippen LogP contribution in [0, 0.1) is 0 Å². The van der Waals surface area contributed by atoms with E-state index in [0.29, 0.717) is 6.04 Å². The molecule has 3 nitrogen and oxygen atoms in total. The Morgan fingerprint density at radius 3 is 2.79 bits per heavy atom. The van der Waals surface area contributed by atoms with Crippen molar-refractivity contribution in [3.63, 3.8) is 0 Å². The van der Waals surface area contributed by atoms with E-state index >= 15 is 0 Å². The van der Waals surface area contributed by atoms with Crippen LogP contribution in [0.4, 0.5) is 0 Å². The lowest BCUT2D eigenvalue weighted by Crippen LogP contribution is -2.26. The van der Waals surface area contributed by atoms with E-state index in [1.165, 1.54) is 6.42 Å². The number of nitrogens with zero attached hydrogens (tertiary/aromatic N) is 1. The third-order valence-corrected chi connectivity index (χ3v) is 3.06. The lowest BCUT2D eigenvalue weighted by Gasteiger charge is -2.26. The molecule has 1 saturated carbocycles. The average molecular weight is 188 g/mol. The Hall–Kier alpha value is -1.51. The van der Waals surface area contributed by atoms with Crippen LogP contribution in [-0.2, 0) is 0 Å². The van der Waals surface area contributed by atoms with E-state index in [1.54, 1.807) is 0 Å². The highest BCUT2D eigenvalue weighted by Gasteiger charge is 2.22. The number of hydrogen-bond acceptors (Lipinski definition) is 1. The van der Waals surface area contributed by atoms with Gasteiger partial charge >= 0.3 is 5.69 Å². The highest BCUT2D eigenvalue weighted by Crippen LogP contribution is 2.32. The van der Waals surface area contributed by atoms with Gasteiger partial charge in [-0.2, -0.15) is 0 Å². The van der Waals surface area contributed by atoms with Crippen LogP contribution in [-0.4, -0.2) is 9.55 Å². The highest BCUT2D eigenvalue weighted by molar-refractivity contribution is 5.75. The number of benzene rings is 1. The van der Waals surface area contributed by atoms with Gasteiger partial charge in [-0.05, 0) is 31.4 Å². The number of hydrogen-bond donors (Lipinski definition) is 1. The summed E-state index contributed by atoms with van der Waals surface area (Å²) in [6.45, 7) is 0. The third kappa shape index (κ3) is 0.953. The molecule has 1 N–H and O–H groups in total. The van der Waals surface area contributed by atoms with Gasteiger partial charge in [0.15, 0.2) is 0 Å². The van der Waals surface area contributed by atoms with Crippen LogP contribution < -0.4 is 5.69 Å². The first-order chi connectivity index (χ1) is 6.86. The standard InChI is InChI=1S/C11H12N2O/c14-11-12-9-6-1-2-7-10(9)13(11)8-4-3-5-8/h1-2,6-8H,3-5H2,(H,12,14). The molecule has 1 fully saturated rings. The van der Waals surface area contributed by atoms with Gasteiger partial charge in [0, 0.05) is 6.04 Å². The number of imidazole rings is 1. The molecule has 14 heavy (non-hydrogen) atoms. The van der Waals surface area contributed by atoms with Crippen LogP contribution >= 0.6 is 0 Å². The van der Waals surface area contributed by atoms with Gasteiger partial charge in [-0.3, -0.25) is 4.57 Å². The Balaban J connectivity index is 2.29. The number of aromatic nitrogens is 2. The van der Waals surface area contributed by atoms with E-state index < -0.39 is 0 Å². The second-order valence-electron chi connectivity index (χ2n) is 3.90. The van der Waals surface area contributed by atoms with E-state index in [1.807, 2.05) is 28.8 Å². The molecule has 0 bridgehead atoms. The molecule has 0 radical (unpaired) electrons. The maximum atomic E-state index is 11.7. The SMILES string of the molecule is O=c1[nH]c2ccccc2n1C1CCC1. The van der Waals surface area contributed by atoms with Crippen molar-refractivity contribution < 1.29 is 0 Å². The maximum Gasteiger partial charge on any atom is 0.326 e. The minimum Gasteiger partial charge on any atom is -0.306 e. The van der Waals surface area contributed by atoms with Gasteiger partial charge in [-0.1, -0.05) is 12.1 Å². The van der Waals surface area contributed by atoms with E-state index in [0.717, 1.165) is 23.9 Å². The molecule has 1 aromatic carbocycles. The van der Waals surface area contributed by atoms with Gasteiger partial charge in [0.25, 0.3) is 0 Å². The van der Waals surface area contributed by atoms with Crippen molar-refractivity contribution in [3.05, 3.63) is 34.7 Å². The zero-order valence-electron chi connectivity index (χ0n) is 7.86. The van der Waals surface area contributed by atoms with Crippen molar-refractivity contribution in [1.29, 1.82) is 0 Å². The topological polar surface area (TPSA) is 37.8 Å². The molecule has 0 aliphatic heterocycles. The molecular weight excluding hydrogens is 176 g/mol. The van der Waals surface area contributed by atoms with E-state index in [-0.39, 0.29) is 5.69 Å². The quantitative estimate of drug-likeness (QED) is 0.730. The second-order valence-corrected chi connectivity index (χ2v) is 3.90. The smallest absolute Gasteiger partial charge is 0.306 e. The average Bonchev–Trinajstić information content (AvgIpc) is 2.41. The van der Waals surface area contributed by atoms with Crippen molar-refractivity contribution in [1.82, 2.24) is 9.55 Å². The van der Waals surface area contributed by atoms with E-state index in [9.17, 15) is 4.79 Å². The van der Waals surface area contributed by atoms with Crippen LogP contribution in [0.1, 0.15) is 25.3 Å². The minimum absolute atomic E-state index is 0.0379. The zero-order chi connectivity index (χ0) is 9.54. The molecule has 0 spiro atoms. The van der Waals surface area contributed by atoms with Gasteiger partial charge in [0.05, 0.1) is 11.0 Å². The predicted octanol–water partition coefficient (Wildman–Crippen LogP) is 2.05. The summed E-state index contributed by atoms with van der Waals surface area (Å²) in [6, 6.07) is 8.31. The van der Waals surface area contributed by atoms with Crippen molar-refractivity contribution >= 4 is 11.0 Å².